The van der Waals surface area contributed by atoms with Crippen molar-refractivity contribution < 1.29 is 9.90 Å². The minimum absolute atomic E-state index is 0.192. The number of nitrogens with zero attached hydrogens (tertiary/aromatic N) is 3. The molecule has 1 aromatic carbocycles. The van der Waals surface area contributed by atoms with Gasteiger partial charge in [0.2, 0.25) is 0 Å². The first-order chi connectivity index (χ1) is 11.3. The number of likely N-dealkylation sites (N-methyl/N-ethyl adjacent to an activating group) is 1. The number of hydrogen-bond donors (Lipinski definition) is 2. The number of fused-ring (bicyclic) bond motifs is 3. The number of rotatable bonds is 4. The molecule has 0 saturated carbocycles. The average Bonchev–Trinajstić information content (AvgIpc) is 2.95. The number of H-pyrrole nitrogens is 1. The highest BCUT2D eigenvalue weighted by Gasteiger charge is 2.25. The lowest BCUT2D eigenvalue weighted by Crippen LogP contribution is -2.42. The fourth-order valence-corrected chi connectivity index (χ4v) is 2.80. The second kappa shape index (κ2) is 5.76. The van der Waals surface area contributed by atoms with Crippen LogP contribution in [0.15, 0.2) is 35.3 Å². The van der Waals surface area contributed by atoms with Crippen LogP contribution in [-0.4, -0.2) is 49.2 Å². The summed E-state index contributed by atoms with van der Waals surface area (Å²) in [5.41, 5.74) is 0.0373. The van der Waals surface area contributed by atoms with E-state index in [0.29, 0.717) is 28.7 Å². The number of carbonyl (C=O) groups is 1. The summed E-state index contributed by atoms with van der Waals surface area (Å²) in [7, 11) is 0. The first kappa shape index (κ1) is 16.2. The minimum atomic E-state index is -1.01. The van der Waals surface area contributed by atoms with Gasteiger partial charge in [-0.3, -0.25) is 9.59 Å². The predicted octanol–water partition coefficient (Wildman–Crippen LogP) is 1.41. The van der Waals surface area contributed by atoms with Crippen molar-refractivity contribution in [1.82, 2.24) is 19.5 Å². The Balaban J connectivity index is 2.14. The summed E-state index contributed by atoms with van der Waals surface area (Å²) in [5, 5.41) is 14.8. The van der Waals surface area contributed by atoms with Gasteiger partial charge in [-0.15, -0.1) is 0 Å². The predicted molar refractivity (Wildman–Crippen MR) is 91.2 cm³/mol. The second-order valence-electron chi connectivity index (χ2n) is 6.42. The normalized spacial score (nSPS) is 12.0. The van der Waals surface area contributed by atoms with Crippen molar-refractivity contribution in [3.63, 3.8) is 0 Å². The summed E-state index contributed by atoms with van der Waals surface area (Å²) in [6.45, 7) is 5.77. The number of carbonyl (C=O) groups excluding carboxylic acids is 1. The van der Waals surface area contributed by atoms with Crippen LogP contribution in [0.1, 0.15) is 31.1 Å². The van der Waals surface area contributed by atoms with E-state index < -0.39 is 5.60 Å². The molecule has 24 heavy (non-hydrogen) atoms. The highest BCUT2D eigenvalue weighted by Crippen LogP contribution is 2.17. The van der Waals surface area contributed by atoms with Gasteiger partial charge < -0.3 is 15.0 Å². The maximum atomic E-state index is 12.8. The third kappa shape index (κ3) is 2.78. The zero-order valence-corrected chi connectivity index (χ0v) is 13.9. The molecule has 0 aliphatic rings. The highest BCUT2D eigenvalue weighted by molar-refractivity contribution is 6.00. The van der Waals surface area contributed by atoms with Crippen molar-refractivity contribution in [2.24, 2.45) is 0 Å². The summed E-state index contributed by atoms with van der Waals surface area (Å²) in [4.78, 5) is 29.4. The maximum absolute atomic E-state index is 12.8. The van der Waals surface area contributed by atoms with Gasteiger partial charge in [0.05, 0.1) is 22.7 Å². The fourth-order valence-electron chi connectivity index (χ4n) is 2.80. The van der Waals surface area contributed by atoms with Crippen LogP contribution in [0.3, 0.4) is 0 Å². The number of para-hydroxylation sites is 1. The maximum Gasteiger partial charge on any atom is 0.259 e. The third-order valence-electron chi connectivity index (χ3n) is 3.86. The number of aliphatic hydroxyl groups is 1. The molecule has 126 valence electrons. The molecular weight excluding hydrogens is 308 g/mol. The summed E-state index contributed by atoms with van der Waals surface area (Å²) in [5.74, 6) is -0.277. The van der Waals surface area contributed by atoms with E-state index in [0.717, 1.165) is 0 Å². The Labute approximate surface area is 138 Å². The summed E-state index contributed by atoms with van der Waals surface area (Å²) < 4.78 is 1.56. The largest absolute Gasteiger partial charge is 0.389 e. The van der Waals surface area contributed by atoms with E-state index in [1.54, 1.807) is 36.6 Å². The monoisotopic (exact) mass is 328 g/mol. The van der Waals surface area contributed by atoms with Crippen molar-refractivity contribution >= 4 is 22.5 Å². The molecule has 0 aliphatic heterocycles. The molecule has 0 unspecified atom stereocenters. The van der Waals surface area contributed by atoms with Crippen LogP contribution in [0.25, 0.3) is 16.6 Å². The number of aromatic amines is 1. The summed E-state index contributed by atoms with van der Waals surface area (Å²) in [6.07, 6.45) is 1.45. The number of hydrogen-bond acceptors (Lipinski definition) is 4. The van der Waals surface area contributed by atoms with Crippen LogP contribution >= 0.6 is 0 Å². The Bertz CT molecular complexity index is 965. The lowest BCUT2D eigenvalue weighted by atomic mass is 10.1. The molecule has 2 N–H and O–H groups in total. The Kier molecular flexibility index (Phi) is 3.88. The number of nitrogens with one attached hydrogen (secondary N) is 1. The molecule has 0 fully saturated rings. The Morgan fingerprint density at radius 3 is 2.75 bits per heavy atom. The number of benzene rings is 1. The van der Waals surface area contributed by atoms with Gasteiger partial charge >= 0.3 is 0 Å². The van der Waals surface area contributed by atoms with E-state index in [1.165, 1.54) is 11.1 Å². The van der Waals surface area contributed by atoms with Crippen LogP contribution in [-0.2, 0) is 0 Å². The minimum Gasteiger partial charge on any atom is -0.389 e. The van der Waals surface area contributed by atoms with Gasteiger partial charge in [-0.05, 0) is 32.9 Å². The molecule has 7 heteroatoms. The van der Waals surface area contributed by atoms with Crippen LogP contribution < -0.4 is 5.56 Å². The first-order valence-corrected chi connectivity index (χ1v) is 7.82. The standard InChI is InChI=1S/C17H20N4O3/c1-4-20(10-17(2,3)24)16(23)12-9-18-21-13-8-6-5-7-11(13)15(22)19-14(12)21/h5-9,24H,4,10H2,1-3H3,(H,19,22). The molecule has 0 aliphatic carbocycles. The number of amides is 1. The molecule has 0 atom stereocenters. The first-order valence-electron chi connectivity index (χ1n) is 7.82. The van der Waals surface area contributed by atoms with Gasteiger partial charge in [-0.1, -0.05) is 12.1 Å². The Morgan fingerprint density at radius 2 is 2.08 bits per heavy atom. The van der Waals surface area contributed by atoms with E-state index in [1.807, 2.05) is 13.0 Å². The van der Waals surface area contributed by atoms with Crippen molar-refractivity contribution in [2.45, 2.75) is 26.4 Å². The van der Waals surface area contributed by atoms with Gasteiger partial charge in [0.1, 0.15) is 11.2 Å². The van der Waals surface area contributed by atoms with E-state index in [-0.39, 0.29) is 18.0 Å². The molecule has 2 heterocycles. The molecule has 0 spiro atoms. The van der Waals surface area contributed by atoms with Gasteiger partial charge in [0.25, 0.3) is 11.5 Å². The Morgan fingerprint density at radius 1 is 1.38 bits per heavy atom. The molecule has 0 bridgehead atoms. The van der Waals surface area contributed by atoms with Crippen LogP contribution in [0.4, 0.5) is 0 Å². The van der Waals surface area contributed by atoms with E-state index in [2.05, 4.69) is 10.1 Å². The molecule has 3 rings (SSSR count). The van der Waals surface area contributed by atoms with Crippen LogP contribution in [0, 0.1) is 0 Å². The number of aromatic nitrogens is 3. The zero-order chi connectivity index (χ0) is 17.5. The van der Waals surface area contributed by atoms with Gasteiger partial charge in [-0.25, -0.2) is 4.52 Å². The van der Waals surface area contributed by atoms with Crippen molar-refractivity contribution in [1.29, 1.82) is 0 Å². The zero-order valence-electron chi connectivity index (χ0n) is 13.9. The lowest BCUT2D eigenvalue weighted by Gasteiger charge is -2.27. The van der Waals surface area contributed by atoms with E-state index in [4.69, 9.17) is 0 Å². The second-order valence-corrected chi connectivity index (χ2v) is 6.42. The molecule has 0 saturated heterocycles. The molecule has 0 radical (unpaired) electrons. The topological polar surface area (TPSA) is 90.7 Å². The van der Waals surface area contributed by atoms with Crippen molar-refractivity contribution in [3.8, 4) is 0 Å². The van der Waals surface area contributed by atoms with E-state index in [9.17, 15) is 14.7 Å². The lowest BCUT2D eigenvalue weighted by molar-refractivity contribution is 0.0315. The van der Waals surface area contributed by atoms with E-state index >= 15 is 0 Å². The summed E-state index contributed by atoms with van der Waals surface area (Å²) in [6, 6.07) is 7.09. The fraction of sp³-hybridized carbons (Fsp3) is 0.353. The van der Waals surface area contributed by atoms with Crippen molar-refractivity contribution in [2.75, 3.05) is 13.1 Å². The molecule has 7 nitrogen and oxygen atoms in total. The van der Waals surface area contributed by atoms with Crippen LogP contribution in [0.2, 0.25) is 0 Å². The SMILES string of the molecule is CCN(CC(C)(C)O)C(=O)c1cnn2c1[nH]c(=O)c1ccccc12. The quantitative estimate of drug-likeness (QED) is 0.757. The molecule has 3 aromatic rings. The molecular formula is C17H20N4O3. The Hall–Kier alpha value is -2.67. The molecule has 1 amide bonds. The smallest absolute Gasteiger partial charge is 0.259 e. The third-order valence-corrected chi connectivity index (χ3v) is 3.86. The average molecular weight is 328 g/mol. The van der Waals surface area contributed by atoms with Gasteiger partial charge in [-0.2, -0.15) is 5.10 Å². The highest BCUT2D eigenvalue weighted by atomic mass is 16.3. The van der Waals surface area contributed by atoms with Gasteiger partial charge in [0, 0.05) is 13.1 Å². The molecule has 2 aromatic heterocycles. The van der Waals surface area contributed by atoms with Crippen LogP contribution in [0.5, 0.6) is 0 Å². The summed E-state index contributed by atoms with van der Waals surface area (Å²) >= 11 is 0. The van der Waals surface area contributed by atoms with Gasteiger partial charge in [0.15, 0.2) is 0 Å². The van der Waals surface area contributed by atoms with Crippen molar-refractivity contribution in [3.05, 3.63) is 46.4 Å².